The Morgan fingerprint density at radius 3 is 2.42 bits per heavy atom. The third kappa shape index (κ3) is 2.46. The van der Waals surface area contributed by atoms with Gasteiger partial charge in [-0.3, -0.25) is 0 Å². The van der Waals surface area contributed by atoms with E-state index in [4.69, 9.17) is 4.74 Å². The molecule has 0 aromatic carbocycles. The summed E-state index contributed by atoms with van der Waals surface area (Å²) in [6, 6.07) is 0. The first-order valence-corrected chi connectivity index (χ1v) is 5.03. The summed E-state index contributed by atoms with van der Waals surface area (Å²) < 4.78 is 5.64. The van der Waals surface area contributed by atoms with E-state index in [0.29, 0.717) is 0 Å². The van der Waals surface area contributed by atoms with E-state index in [9.17, 15) is 0 Å². The largest absolute Gasteiger partial charge is 0.378 e. The maximum absolute atomic E-state index is 5.64. The van der Waals surface area contributed by atoms with Crippen LogP contribution < -0.4 is 5.32 Å². The highest BCUT2D eigenvalue weighted by Crippen LogP contribution is 2.33. The summed E-state index contributed by atoms with van der Waals surface area (Å²) in [4.78, 5) is 0. The van der Waals surface area contributed by atoms with Crippen molar-refractivity contribution >= 4 is 0 Å². The monoisotopic (exact) mass is 171 g/mol. The van der Waals surface area contributed by atoms with Crippen LogP contribution in [-0.4, -0.2) is 26.3 Å². The maximum atomic E-state index is 5.64. The predicted molar refractivity (Wildman–Crippen MR) is 51.4 cm³/mol. The summed E-state index contributed by atoms with van der Waals surface area (Å²) in [7, 11) is 3.87. The van der Waals surface area contributed by atoms with E-state index in [1.54, 1.807) is 0 Å². The fourth-order valence-electron chi connectivity index (χ4n) is 2.11. The lowest BCUT2D eigenvalue weighted by molar-refractivity contribution is -0.0446. The third-order valence-corrected chi connectivity index (χ3v) is 3.03. The number of rotatable bonds is 4. The van der Waals surface area contributed by atoms with Crippen molar-refractivity contribution in [3.63, 3.8) is 0 Å². The number of methoxy groups -OCH3 is 1. The summed E-state index contributed by atoms with van der Waals surface area (Å²) in [5, 5.41) is 3.19. The van der Waals surface area contributed by atoms with Crippen LogP contribution in [0.25, 0.3) is 0 Å². The highest BCUT2D eigenvalue weighted by molar-refractivity contribution is 4.84. The van der Waals surface area contributed by atoms with Gasteiger partial charge in [-0.2, -0.15) is 0 Å². The Morgan fingerprint density at radius 1 is 1.25 bits per heavy atom. The molecule has 0 bridgehead atoms. The first kappa shape index (κ1) is 10.0. The van der Waals surface area contributed by atoms with E-state index in [-0.39, 0.29) is 5.60 Å². The Morgan fingerprint density at radius 2 is 1.92 bits per heavy atom. The van der Waals surface area contributed by atoms with Crippen molar-refractivity contribution in [2.75, 3.05) is 20.7 Å². The van der Waals surface area contributed by atoms with Crippen LogP contribution in [0.15, 0.2) is 0 Å². The second-order valence-corrected chi connectivity index (χ2v) is 3.80. The summed E-state index contributed by atoms with van der Waals surface area (Å²) in [6.07, 6.45) is 7.76. The fraction of sp³-hybridized carbons (Fsp3) is 1.00. The molecule has 0 saturated heterocycles. The molecule has 0 atom stereocenters. The summed E-state index contributed by atoms with van der Waals surface area (Å²) >= 11 is 0. The van der Waals surface area contributed by atoms with Gasteiger partial charge in [-0.1, -0.05) is 19.3 Å². The van der Waals surface area contributed by atoms with Crippen molar-refractivity contribution in [3.8, 4) is 0 Å². The van der Waals surface area contributed by atoms with Gasteiger partial charge in [0.1, 0.15) is 0 Å². The van der Waals surface area contributed by atoms with E-state index < -0.39 is 0 Å². The summed E-state index contributed by atoms with van der Waals surface area (Å²) in [5.74, 6) is 0. The SMILES string of the molecule is CNCCC1(OC)CCCCC1. The second-order valence-electron chi connectivity index (χ2n) is 3.80. The highest BCUT2D eigenvalue weighted by Gasteiger charge is 2.30. The Bertz CT molecular complexity index is 119. The van der Waals surface area contributed by atoms with Gasteiger partial charge >= 0.3 is 0 Å². The zero-order valence-corrected chi connectivity index (χ0v) is 8.36. The zero-order chi connectivity index (χ0) is 8.86. The molecule has 1 rings (SSSR count). The Labute approximate surface area is 75.7 Å². The molecule has 0 aromatic heterocycles. The lowest BCUT2D eigenvalue weighted by Crippen LogP contribution is -2.36. The van der Waals surface area contributed by atoms with Gasteiger partial charge in [0, 0.05) is 7.11 Å². The van der Waals surface area contributed by atoms with Crippen molar-refractivity contribution in [2.24, 2.45) is 0 Å². The standard InChI is InChI=1S/C10H21NO/c1-11-9-8-10(12-2)6-4-3-5-7-10/h11H,3-9H2,1-2H3. The molecule has 1 N–H and O–H groups in total. The molecule has 1 aliphatic carbocycles. The van der Waals surface area contributed by atoms with Crippen molar-refractivity contribution in [3.05, 3.63) is 0 Å². The van der Waals surface area contributed by atoms with E-state index in [2.05, 4.69) is 5.32 Å². The van der Waals surface area contributed by atoms with Gasteiger partial charge in [0.2, 0.25) is 0 Å². The van der Waals surface area contributed by atoms with Crippen LogP contribution in [0, 0.1) is 0 Å². The van der Waals surface area contributed by atoms with Crippen LogP contribution >= 0.6 is 0 Å². The molecule has 0 aliphatic heterocycles. The van der Waals surface area contributed by atoms with Gasteiger partial charge in [-0.25, -0.2) is 0 Å². The van der Waals surface area contributed by atoms with Crippen LogP contribution in [0.1, 0.15) is 38.5 Å². The maximum Gasteiger partial charge on any atom is 0.0690 e. The average molecular weight is 171 g/mol. The number of ether oxygens (including phenoxy) is 1. The molecule has 0 aromatic rings. The molecule has 12 heavy (non-hydrogen) atoms. The molecule has 0 radical (unpaired) electrons. The molecule has 2 nitrogen and oxygen atoms in total. The molecule has 0 unspecified atom stereocenters. The second kappa shape index (κ2) is 4.83. The number of hydrogen-bond acceptors (Lipinski definition) is 2. The van der Waals surface area contributed by atoms with Gasteiger partial charge in [-0.15, -0.1) is 0 Å². The molecule has 72 valence electrons. The molecule has 1 saturated carbocycles. The van der Waals surface area contributed by atoms with Crippen molar-refractivity contribution in [2.45, 2.75) is 44.1 Å². The molecule has 1 fully saturated rings. The summed E-state index contributed by atoms with van der Waals surface area (Å²) in [5.41, 5.74) is 0.210. The van der Waals surface area contributed by atoms with Gasteiger partial charge in [0.15, 0.2) is 0 Å². The minimum Gasteiger partial charge on any atom is -0.378 e. The van der Waals surface area contributed by atoms with E-state index in [0.717, 1.165) is 6.54 Å². The highest BCUT2D eigenvalue weighted by atomic mass is 16.5. The van der Waals surface area contributed by atoms with Crippen molar-refractivity contribution < 1.29 is 4.74 Å². The normalized spacial score (nSPS) is 22.5. The van der Waals surface area contributed by atoms with Crippen molar-refractivity contribution in [1.29, 1.82) is 0 Å². The van der Waals surface area contributed by atoms with E-state index in [1.165, 1.54) is 38.5 Å². The zero-order valence-electron chi connectivity index (χ0n) is 8.36. The van der Waals surface area contributed by atoms with Crippen molar-refractivity contribution in [1.82, 2.24) is 5.32 Å². The van der Waals surface area contributed by atoms with Crippen LogP contribution in [0.4, 0.5) is 0 Å². The molecule has 1 aliphatic rings. The quantitative estimate of drug-likeness (QED) is 0.698. The average Bonchev–Trinajstić information content (AvgIpc) is 2.16. The molecule has 0 amide bonds. The molecule has 0 spiro atoms. The first-order chi connectivity index (χ1) is 5.83. The topological polar surface area (TPSA) is 21.3 Å². The molecule has 0 heterocycles. The Hall–Kier alpha value is -0.0800. The minimum atomic E-state index is 0.210. The van der Waals surface area contributed by atoms with Gasteiger partial charge < -0.3 is 10.1 Å². The number of hydrogen-bond donors (Lipinski definition) is 1. The third-order valence-electron chi connectivity index (χ3n) is 3.03. The predicted octanol–water partition coefficient (Wildman–Crippen LogP) is 1.95. The van der Waals surface area contributed by atoms with Crippen LogP contribution in [0.3, 0.4) is 0 Å². The van der Waals surface area contributed by atoms with Crippen LogP contribution in [0.2, 0.25) is 0 Å². The van der Waals surface area contributed by atoms with Gasteiger partial charge in [0.05, 0.1) is 5.60 Å². The van der Waals surface area contributed by atoms with Gasteiger partial charge in [0.25, 0.3) is 0 Å². The van der Waals surface area contributed by atoms with E-state index in [1.807, 2.05) is 14.2 Å². The Balaban J connectivity index is 2.37. The lowest BCUT2D eigenvalue weighted by atomic mass is 9.82. The summed E-state index contributed by atoms with van der Waals surface area (Å²) in [6.45, 7) is 1.08. The lowest BCUT2D eigenvalue weighted by Gasteiger charge is -2.36. The number of nitrogens with one attached hydrogen (secondary N) is 1. The molecular formula is C10H21NO. The van der Waals surface area contributed by atoms with Gasteiger partial charge in [-0.05, 0) is 32.9 Å². The first-order valence-electron chi connectivity index (χ1n) is 5.03. The molecule has 2 heteroatoms. The van der Waals surface area contributed by atoms with Crippen LogP contribution in [-0.2, 0) is 4.74 Å². The Kier molecular flexibility index (Phi) is 4.02. The minimum absolute atomic E-state index is 0.210. The van der Waals surface area contributed by atoms with E-state index >= 15 is 0 Å². The smallest absolute Gasteiger partial charge is 0.0690 e. The van der Waals surface area contributed by atoms with Crippen LogP contribution in [0.5, 0.6) is 0 Å². The molecular weight excluding hydrogens is 150 g/mol. The fourth-order valence-corrected chi connectivity index (χ4v) is 2.11.